The molecule has 0 spiro atoms. The van der Waals surface area contributed by atoms with Gasteiger partial charge in [-0.3, -0.25) is 9.59 Å². The third kappa shape index (κ3) is 4.57. The van der Waals surface area contributed by atoms with Gasteiger partial charge >= 0.3 is 5.97 Å². The molecule has 0 aromatic heterocycles. The van der Waals surface area contributed by atoms with Gasteiger partial charge in [0.1, 0.15) is 6.04 Å². The fourth-order valence-corrected chi connectivity index (χ4v) is 2.93. The van der Waals surface area contributed by atoms with Crippen LogP contribution < -0.4 is 5.73 Å². The lowest BCUT2D eigenvalue weighted by Gasteiger charge is -2.10. The van der Waals surface area contributed by atoms with E-state index in [1.165, 1.54) is 7.11 Å². The lowest BCUT2D eigenvalue weighted by Crippen LogP contribution is -2.33. The zero-order valence-electron chi connectivity index (χ0n) is 13.1. The van der Waals surface area contributed by atoms with Gasteiger partial charge in [0.25, 0.3) is 0 Å². The number of hydrogen-bond acceptors (Lipinski definition) is 4. The number of carbonyl (C=O) groups excluding carboxylic acids is 2. The topological polar surface area (TPSA) is 69.4 Å². The Hall–Kier alpha value is -1.88. The molecule has 24 heavy (non-hydrogen) atoms. The molecule has 0 saturated carbocycles. The zero-order valence-corrected chi connectivity index (χ0v) is 14.6. The minimum atomic E-state index is -0.704. The molecule has 2 aromatic rings. The van der Waals surface area contributed by atoms with Crippen molar-refractivity contribution in [3.05, 3.63) is 69.2 Å². The molecule has 0 aliphatic rings. The van der Waals surface area contributed by atoms with E-state index in [0.29, 0.717) is 22.0 Å². The number of esters is 1. The minimum Gasteiger partial charge on any atom is -0.468 e. The van der Waals surface area contributed by atoms with Crippen LogP contribution in [0, 0.1) is 0 Å². The van der Waals surface area contributed by atoms with E-state index < -0.39 is 12.0 Å². The summed E-state index contributed by atoms with van der Waals surface area (Å²) in [5, 5.41) is 0.682. The van der Waals surface area contributed by atoms with E-state index in [9.17, 15) is 9.59 Å². The number of halogens is 2. The Balaban J connectivity index is 2.06. The van der Waals surface area contributed by atoms with Gasteiger partial charge in [-0.05, 0) is 29.7 Å². The quantitative estimate of drug-likeness (QED) is 0.628. The average molecular weight is 366 g/mol. The van der Waals surface area contributed by atoms with Crippen LogP contribution in [-0.2, 0) is 22.4 Å². The maximum atomic E-state index is 12.4. The summed E-state index contributed by atoms with van der Waals surface area (Å²) in [4.78, 5) is 23.7. The molecular weight excluding hydrogens is 349 g/mol. The summed E-state index contributed by atoms with van der Waals surface area (Å²) in [5.74, 6) is -0.604. The third-order valence-electron chi connectivity index (χ3n) is 3.59. The van der Waals surface area contributed by atoms with Crippen LogP contribution in [0.25, 0.3) is 0 Å². The lowest BCUT2D eigenvalue weighted by molar-refractivity contribution is -0.142. The van der Waals surface area contributed by atoms with Crippen molar-refractivity contribution in [1.82, 2.24) is 0 Å². The van der Waals surface area contributed by atoms with Gasteiger partial charge in [-0.1, -0.05) is 53.5 Å². The number of ketones is 1. The first-order valence-electron chi connectivity index (χ1n) is 7.30. The summed E-state index contributed by atoms with van der Waals surface area (Å²) in [6, 6.07) is 11.6. The van der Waals surface area contributed by atoms with Crippen LogP contribution in [0.5, 0.6) is 0 Å². The van der Waals surface area contributed by atoms with Gasteiger partial charge in [0.2, 0.25) is 0 Å². The zero-order chi connectivity index (χ0) is 17.7. The van der Waals surface area contributed by atoms with Gasteiger partial charge in [0.05, 0.1) is 22.7 Å². The average Bonchev–Trinajstić information content (AvgIpc) is 2.55. The largest absolute Gasteiger partial charge is 0.468 e. The summed E-state index contributed by atoms with van der Waals surface area (Å²) in [6.45, 7) is 0. The SMILES string of the molecule is COC(=O)C(N)Cc1ccc(CC(=O)c2c(Cl)cccc2Cl)cc1. The van der Waals surface area contributed by atoms with E-state index in [0.717, 1.165) is 11.1 Å². The van der Waals surface area contributed by atoms with Gasteiger partial charge in [0.15, 0.2) is 5.78 Å². The molecule has 2 rings (SSSR count). The molecular formula is C18H17Cl2NO3. The predicted molar refractivity (Wildman–Crippen MR) is 94.6 cm³/mol. The number of rotatable bonds is 6. The Kier molecular flexibility index (Phi) is 6.37. The van der Waals surface area contributed by atoms with Crippen LogP contribution in [-0.4, -0.2) is 24.9 Å². The molecule has 0 radical (unpaired) electrons. The molecule has 0 aliphatic heterocycles. The summed E-state index contributed by atoms with van der Waals surface area (Å²) < 4.78 is 4.60. The summed E-state index contributed by atoms with van der Waals surface area (Å²) >= 11 is 12.1. The van der Waals surface area contributed by atoms with Crippen molar-refractivity contribution >= 4 is 35.0 Å². The van der Waals surface area contributed by atoms with Crippen molar-refractivity contribution in [2.45, 2.75) is 18.9 Å². The highest BCUT2D eigenvalue weighted by atomic mass is 35.5. The molecule has 126 valence electrons. The molecule has 0 saturated heterocycles. The van der Waals surface area contributed by atoms with E-state index >= 15 is 0 Å². The van der Waals surface area contributed by atoms with Gasteiger partial charge in [0, 0.05) is 6.42 Å². The Morgan fingerprint density at radius 2 is 1.58 bits per heavy atom. The molecule has 1 unspecified atom stereocenters. The summed E-state index contributed by atoms with van der Waals surface area (Å²) in [6.07, 6.45) is 0.560. The molecule has 0 fully saturated rings. The predicted octanol–water partition coefficient (Wildman–Crippen LogP) is 3.46. The van der Waals surface area contributed by atoms with Gasteiger partial charge in [-0.2, -0.15) is 0 Å². The van der Waals surface area contributed by atoms with Crippen LogP contribution in [0.3, 0.4) is 0 Å². The highest BCUT2D eigenvalue weighted by molar-refractivity contribution is 6.39. The van der Waals surface area contributed by atoms with E-state index in [-0.39, 0.29) is 12.2 Å². The van der Waals surface area contributed by atoms with Crippen LogP contribution in [0.2, 0.25) is 10.0 Å². The second kappa shape index (κ2) is 8.29. The first-order chi connectivity index (χ1) is 11.4. The fourth-order valence-electron chi connectivity index (χ4n) is 2.32. The summed E-state index contributed by atoms with van der Waals surface area (Å²) in [5.41, 5.74) is 7.78. The lowest BCUT2D eigenvalue weighted by atomic mass is 10.00. The van der Waals surface area contributed by atoms with Crippen LogP contribution in [0.4, 0.5) is 0 Å². The maximum Gasteiger partial charge on any atom is 0.322 e. The van der Waals surface area contributed by atoms with Crippen molar-refractivity contribution < 1.29 is 14.3 Å². The number of nitrogens with two attached hydrogens (primary N) is 1. The third-order valence-corrected chi connectivity index (χ3v) is 4.22. The van der Waals surface area contributed by atoms with Crippen molar-refractivity contribution in [3.8, 4) is 0 Å². The van der Waals surface area contributed by atoms with Gasteiger partial charge < -0.3 is 10.5 Å². The van der Waals surface area contributed by atoms with Crippen molar-refractivity contribution in [2.24, 2.45) is 5.73 Å². The van der Waals surface area contributed by atoms with E-state index in [2.05, 4.69) is 4.74 Å². The highest BCUT2D eigenvalue weighted by Gasteiger charge is 2.16. The fraction of sp³-hybridized carbons (Fsp3) is 0.222. The maximum absolute atomic E-state index is 12.4. The molecule has 1 atom stereocenters. The van der Waals surface area contributed by atoms with Crippen molar-refractivity contribution in [3.63, 3.8) is 0 Å². The monoisotopic (exact) mass is 365 g/mol. The Morgan fingerprint density at radius 3 is 2.12 bits per heavy atom. The van der Waals surface area contributed by atoms with Crippen LogP contribution in [0.1, 0.15) is 21.5 Å². The number of ether oxygens (including phenoxy) is 1. The normalized spacial score (nSPS) is 11.8. The minimum absolute atomic E-state index is 0.149. The number of hydrogen-bond donors (Lipinski definition) is 1. The van der Waals surface area contributed by atoms with E-state index in [4.69, 9.17) is 28.9 Å². The Bertz CT molecular complexity index is 724. The molecule has 6 heteroatoms. The molecule has 4 nitrogen and oxygen atoms in total. The second-order valence-corrected chi connectivity index (χ2v) is 6.16. The smallest absolute Gasteiger partial charge is 0.322 e. The number of Topliss-reactive ketones (excluding diaryl/α,β-unsaturated/α-hetero) is 1. The standard InChI is InChI=1S/C18H17Cl2NO3/c1-24-18(23)15(21)9-11-5-7-12(8-6-11)10-16(22)17-13(19)3-2-4-14(17)20/h2-8,15H,9-10,21H2,1H3. The molecule has 0 aliphatic carbocycles. The highest BCUT2D eigenvalue weighted by Crippen LogP contribution is 2.25. The number of carbonyl (C=O) groups is 2. The first-order valence-corrected chi connectivity index (χ1v) is 8.06. The van der Waals surface area contributed by atoms with Crippen LogP contribution >= 0.6 is 23.2 Å². The first kappa shape index (κ1) is 18.5. The molecule has 2 aromatic carbocycles. The number of methoxy groups -OCH3 is 1. The Labute approximate surface area is 150 Å². The van der Waals surface area contributed by atoms with E-state index in [1.807, 2.05) is 24.3 Å². The molecule has 2 N–H and O–H groups in total. The van der Waals surface area contributed by atoms with Gasteiger partial charge in [-0.15, -0.1) is 0 Å². The second-order valence-electron chi connectivity index (χ2n) is 5.35. The van der Waals surface area contributed by atoms with E-state index in [1.54, 1.807) is 18.2 Å². The molecule has 0 heterocycles. The number of benzene rings is 2. The van der Waals surface area contributed by atoms with Crippen LogP contribution in [0.15, 0.2) is 42.5 Å². The van der Waals surface area contributed by atoms with Gasteiger partial charge in [-0.25, -0.2) is 0 Å². The molecule has 0 bridgehead atoms. The Morgan fingerprint density at radius 1 is 1.04 bits per heavy atom. The van der Waals surface area contributed by atoms with Crippen molar-refractivity contribution in [2.75, 3.05) is 7.11 Å². The molecule has 0 amide bonds. The summed E-state index contributed by atoms with van der Waals surface area (Å²) in [7, 11) is 1.30. The van der Waals surface area contributed by atoms with Crippen molar-refractivity contribution in [1.29, 1.82) is 0 Å².